The first-order valence-electron chi connectivity index (χ1n) is 6.58. The van der Waals surface area contributed by atoms with E-state index in [1.54, 1.807) is 24.3 Å². The predicted octanol–water partition coefficient (Wildman–Crippen LogP) is 4.48. The highest BCUT2D eigenvalue weighted by molar-refractivity contribution is 9.10. The summed E-state index contributed by atoms with van der Waals surface area (Å²) >= 11 is 3.34. The molecule has 0 saturated heterocycles. The van der Waals surface area contributed by atoms with Crippen LogP contribution in [0.15, 0.2) is 39.7 Å². The summed E-state index contributed by atoms with van der Waals surface area (Å²) in [5, 5.41) is 0. The minimum atomic E-state index is -3.60. The van der Waals surface area contributed by atoms with Crippen molar-refractivity contribution in [3.8, 4) is 0 Å². The van der Waals surface area contributed by atoms with Crippen LogP contribution in [0.5, 0.6) is 0 Å². The first-order valence-corrected chi connectivity index (χ1v) is 8.86. The summed E-state index contributed by atoms with van der Waals surface area (Å²) in [6.45, 7) is 7.55. The zero-order valence-corrected chi connectivity index (χ0v) is 14.9. The molecule has 0 radical (unpaired) electrons. The van der Waals surface area contributed by atoms with E-state index in [4.69, 9.17) is 0 Å². The van der Waals surface area contributed by atoms with Crippen LogP contribution in [-0.4, -0.2) is 8.42 Å². The lowest BCUT2D eigenvalue weighted by atomic mass is 10.0. The summed E-state index contributed by atoms with van der Waals surface area (Å²) in [6, 6.07) is 9.09. The lowest BCUT2D eigenvalue weighted by Gasteiger charge is -2.16. The molecule has 5 heteroatoms. The molecule has 0 aliphatic rings. The van der Waals surface area contributed by atoms with Gasteiger partial charge in [-0.1, -0.05) is 22.0 Å². The molecule has 0 fully saturated rings. The van der Waals surface area contributed by atoms with Gasteiger partial charge in [0.2, 0.25) is 0 Å². The van der Waals surface area contributed by atoms with Gasteiger partial charge in [-0.05, 0) is 74.2 Å². The van der Waals surface area contributed by atoms with E-state index < -0.39 is 10.0 Å². The van der Waals surface area contributed by atoms with Gasteiger partial charge in [0.25, 0.3) is 10.0 Å². The minimum Gasteiger partial charge on any atom is -0.280 e. The van der Waals surface area contributed by atoms with Gasteiger partial charge in [-0.2, -0.15) is 0 Å². The number of rotatable bonds is 3. The van der Waals surface area contributed by atoms with Crippen molar-refractivity contribution in [2.75, 3.05) is 4.72 Å². The molecule has 2 aromatic carbocycles. The number of aryl methyl sites for hydroxylation is 2. The van der Waals surface area contributed by atoms with Gasteiger partial charge in [-0.3, -0.25) is 4.72 Å². The zero-order chi connectivity index (χ0) is 15.8. The van der Waals surface area contributed by atoms with Crippen molar-refractivity contribution in [3.63, 3.8) is 0 Å². The fraction of sp³-hybridized carbons (Fsp3) is 0.250. The second kappa shape index (κ2) is 5.81. The Morgan fingerprint density at radius 1 is 0.905 bits per heavy atom. The van der Waals surface area contributed by atoms with Crippen molar-refractivity contribution < 1.29 is 8.42 Å². The molecule has 0 atom stereocenters. The molecule has 112 valence electrons. The van der Waals surface area contributed by atoms with Crippen LogP contribution >= 0.6 is 15.9 Å². The standard InChI is InChI=1S/C16H18BrNO2S/c1-10-9-11(2)13(4)16(12(10)3)21(19,20)18-15-7-5-14(17)6-8-15/h5-9,18H,1-4H3. The van der Waals surface area contributed by atoms with Crippen LogP contribution in [-0.2, 0) is 10.0 Å². The van der Waals surface area contributed by atoms with Gasteiger partial charge in [-0.15, -0.1) is 0 Å². The first-order chi connectivity index (χ1) is 9.72. The van der Waals surface area contributed by atoms with E-state index in [0.717, 1.165) is 26.7 Å². The molecule has 0 amide bonds. The van der Waals surface area contributed by atoms with E-state index in [0.29, 0.717) is 10.6 Å². The summed E-state index contributed by atoms with van der Waals surface area (Å²) in [7, 11) is -3.60. The smallest absolute Gasteiger partial charge is 0.262 e. The molecule has 2 aromatic rings. The molecule has 0 aliphatic heterocycles. The van der Waals surface area contributed by atoms with Crippen LogP contribution in [0.4, 0.5) is 5.69 Å². The van der Waals surface area contributed by atoms with Gasteiger partial charge in [0.05, 0.1) is 4.90 Å². The van der Waals surface area contributed by atoms with E-state index >= 15 is 0 Å². The van der Waals surface area contributed by atoms with E-state index in [2.05, 4.69) is 20.7 Å². The molecule has 0 unspecified atom stereocenters. The molecule has 0 aliphatic carbocycles. The average molecular weight is 368 g/mol. The molecular formula is C16H18BrNO2S. The topological polar surface area (TPSA) is 46.2 Å². The highest BCUT2D eigenvalue weighted by Gasteiger charge is 2.22. The Bertz CT molecular complexity index is 755. The third-order valence-electron chi connectivity index (χ3n) is 3.66. The Hall–Kier alpha value is -1.33. The van der Waals surface area contributed by atoms with Gasteiger partial charge < -0.3 is 0 Å². The zero-order valence-electron chi connectivity index (χ0n) is 12.5. The van der Waals surface area contributed by atoms with Gasteiger partial charge in [0, 0.05) is 10.2 Å². The van der Waals surface area contributed by atoms with Gasteiger partial charge in [0.15, 0.2) is 0 Å². The lowest BCUT2D eigenvalue weighted by Crippen LogP contribution is -2.17. The number of anilines is 1. The molecule has 1 N–H and O–H groups in total. The maximum Gasteiger partial charge on any atom is 0.262 e. The fourth-order valence-electron chi connectivity index (χ4n) is 2.31. The Morgan fingerprint density at radius 2 is 1.38 bits per heavy atom. The normalized spacial score (nSPS) is 11.5. The van der Waals surface area contributed by atoms with Crippen LogP contribution in [0.2, 0.25) is 0 Å². The largest absolute Gasteiger partial charge is 0.280 e. The fourth-order valence-corrected chi connectivity index (χ4v) is 4.25. The molecule has 0 spiro atoms. The number of hydrogen-bond donors (Lipinski definition) is 1. The summed E-state index contributed by atoms with van der Waals surface area (Å²) in [5.41, 5.74) is 4.10. The second-order valence-corrected chi connectivity index (χ2v) is 7.74. The van der Waals surface area contributed by atoms with Gasteiger partial charge >= 0.3 is 0 Å². The number of benzene rings is 2. The maximum atomic E-state index is 12.7. The van der Waals surface area contributed by atoms with Gasteiger partial charge in [0.1, 0.15) is 0 Å². The number of hydrogen-bond acceptors (Lipinski definition) is 2. The first kappa shape index (κ1) is 16.0. The molecule has 0 heterocycles. The lowest BCUT2D eigenvalue weighted by molar-refractivity contribution is 0.599. The van der Waals surface area contributed by atoms with Crippen LogP contribution in [0.1, 0.15) is 22.3 Å². The van der Waals surface area contributed by atoms with E-state index in [-0.39, 0.29) is 0 Å². The molecule has 0 aromatic heterocycles. The minimum absolute atomic E-state index is 0.378. The van der Waals surface area contributed by atoms with Crippen LogP contribution in [0, 0.1) is 27.7 Å². The van der Waals surface area contributed by atoms with E-state index in [9.17, 15) is 8.42 Å². The summed E-state index contributed by atoms with van der Waals surface area (Å²) in [4.78, 5) is 0.378. The third-order valence-corrected chi connectivity index (χ3v) is 5.85. The molecule has 3 nitrogen and oxygen atoms in total. The third kappa shape index (κ3) is 3.30. The highest BCUT2D eigenvalue weighted by Crippen LogP contribution is 2.28. The molecule has 21 heavy (non-hydrogen) atoms. The monoisotopic (exact) mass is 367 g/mol. The van der Waals surface area contributed by atoms with E-state index in [1.807, 2.05) is 33.8 Å². The van der Waals surface area contributed by atoms with Crippen molar-refractivity contribution in [1.82, 2.24) is 0 Å². The number of sulfonamides is 1. The SMILES string of the molecule is Cc1cc(C)c(C)c(S(=O)(=O)Nc2ccc(Br)cc2)c1C. The Kier molecular flexibility index (Phi) is 4.44. The number of halogens is 1. The Morgan fingerprint density at radius 3 is 1.86 bits per heavy atom. The van der Waals surface area contributed by atoms with Crippen LogP contribution in [0.25, 0.3) is 0 Å². The van der Waals surface area contributed by atoms with Crippen molar-refractivity contribution in [3.05, 3.63) is 57.1 Å². The maximum absolute atomic E-state index is 12.7. The Labute approximate surface area is 134 Å². The molecule has 0 bridgehead atoms. The predicted molar refractivity (Wildman–Crippen MR) is 90.3 cm³/mol. The summed E-state index contributed by atoms with van der Waals surface area (Å²) in [5.74, 6) is 0. The van der Waals surface area contributed by atoms with Gasteiger partial charge in [-0.25, -0.2) is 8.42 Å². The number of nitrogens with one attached hydrogen (secondary N) is 1. The summed E-state index contributed by atoms with van der Waals surface area (Å²) < 4.78 is 29.0. The Balaban J connectivity index is 2.52. The highest BCUT2D eigenvalue weighted by atomic mass is 79.9. The molecule has 0 saturated carbocycles. The molecule has 2 rings (SSSR count). The quantitative estimate of drug-likeness (QED) is 0.868. The molecular weight excluding hydrogens is 350 g/mol. The van der Waals surface area contributed by atoms with Crippen molar-refractivity contribution >= 4 is 31.6 Å². The van der Waals surface area contributed by atoms with E-state index in [1.165, 1.54) is 0 Å². The van der Waals surface area contributed by atoms with Crippen molar-refractivity contribution in [2.24, 2.45) is 0 Å². The average Bonchev–Trinajstić information content (AvgIpc) is 2.39. The van der Waals surface area contributed by atoms with Crippen LogP contribution in [0.3, 0.4) is 0 Å². The summed E-state index contributed by atoms with van der Waals surface area (Å²) in [6.07, 6.45) is 0. The second-order valence-electron chi connectivity index (χ2n) is 5.20. The van der Waals surface area contributed by atoms with Crippen LogP contribution < -0.4 is 4.72 Å². The van der Waals surface area contributed by atoms with Crippen molar-refractivity contribution in [1.29, 1.82) is 0 Å². The van der Waals surface area contributed by atoms with Crippen molar-refractivity contribution in [2.45, 2.75) is 32.6 Å².